The number of hydrogen-bond donors (Lipinski definition) is 0. The van der Waals surface area contributed by atoms with Crippen LogP contribution in [0.2, 0.25) is 0 Å². The third kappa shape index (κ3) is 4.54. The summed E-state index contributed by atoms with van der Waals surface area (Å²) in [5.41, 5.74) is 0.291. The van der Waals surface area contributed by atoms with E-state index in [1.165, 1.54) is 32.6 Å². The molecule has 2 fully saturated rings. The smallest absolute Gasteiger partial charge is 0.303 e. The second kappa shape index (κ2) is 8.64. The van der Waals surface area contributed by atoms with Gasteiger partial charge in [0.15, 0.2) is 6.10 Å². The predicted octanol–water partition coefficient (Wildman–Crippen LogP) is 5.48. The van der Waals surface area contributed by atoms with Crippen LogP contribution >= 0.6 is 11.3 Å². The minimum Gasteiger partial charge on any atom is -0.455 e. The van der Waals surface area contributed by atoms with Crippen LogP contribution < -0.4 is 0 Å². The summed E-state index contributed by atoms with van der Waals surface area (Å²) in [4.78, 5) is 28.0. The Morgan fingerprint density at radius 3 is 2.92 bits per heavy atom. The maximum atomic E-state index is 12.3. The molecule has 0 radical (unpaired) electrons. The summed E-state index contributed by atoms with van der Waals surface area (Å²) >= 11 is 1.55. The summed E-state index contributed by atoms with van der Waals surface area (Å²) in [6, 6.07) is 0. The van der Waals surface area contributed by atoms with Gasteiger partial charge in [-0.1, -0.05) is 19.8 Å². The summed E-state index contributed by atoms with van der Waals surface area (Å²) in [6.07, 6.45) is 12.4. The minimum absolute atomic E-state index is 0.214. The van der Waals surface area contributed by atoms with Gasteiger partial charge in [-0.2, -0.15) is 0 Å². The van der Waals surface area contributed by atoms with Crippen LogP contribution in [0.4, 0.5) is 0 Å². The molecule has 4 nitrogen and oxygen atoms in total. The van der Waals surface area contributed by atoms with E-state index >= 15 is 0 Å². The highest BCUT2D eigenvalue weighted by Crippen LogP contribution is 2.54. The van der Waals surface area contributed by atoms with Gasteiger partial charge in [-0.3, -0.25) is 9.59 Å². The van der Waals surface area contributed by atoms with Gasteiger partial charge in [0.1, 0.15) is 10.8 Å². The number of fused-ring (bicyclic) bond motifs is 1. The summed E-state index contributed by atoms with van der Waals surface area (Å²) in [7, 11) is 0. The molecule has 0 bridgehead atoms. The van der Waals surface area contributed by atoms with E-state index < -0.39 is 0 Å². The topological polar surface area (TPSA) is 56.3 Å². The number of esters is 1. The lowest BCUT2D eigenvalue weighted by molar-refractivity contribution is -0.147. The zero-order valence-corrected chi connectivity index (χ0v) is 16.9. The Morgan fingerprint density at radius 2 is 2.19 bits per heavy atom. The van der Waals surface area contributed by atoms with Gasteiger partial charge >= 0.3 is 5.97 Å². The molecule has 4 atom stereocenters. The molecule has 5 heteroatoms. The zero-order valence-electron chi connectivity index (χ0n) is 16.0. The SMILES string of the molecule is CC(=O)OC(CCC[C@H](C)C[C@@]12CCCC(=O)[C@H]1CCC2)c1nccs1. The van der Waals surface area contributed by atoms with Gasteiger partial charge in [0.05, 0.1) is 0 Å². The number of ketones is 1. The average molecular weight is 378 g/mol. The second-order valence-electron chi connectivity index (χ2n) is 8.34. The molecule has 1 unspecified atom stereocenters. The molecule has 0 aromatic carbocycles. The van der Waals surface area contributed by atoms with Gasteiger partial charge < -0.3 is 4.74 Å². The lowest BCUT2D eigenvalue weighted by Gasteiger charge is -2.40. The van der Waals surface area contributed by atoms with Crippen LogP contribution in [-0.2, 0) is 14.3 Å². The molecule has 2 aliphatic carbocycles. The highest BCUT2D eigenvalue weighted by molar-refractivity contribution is 7.09. The van der Waals surface area contributed by atoms with E-state index in [-0.39, 0.29) is 12.1 Å². The van der Waals surface area contributed by atoms with Gasteiger partial charge in [-0.15, -0.1) is 11.3 Å². The number of Topliss-reactive ketones (excluding diaryl/α,β-unsaturated/α-hetero) is 1. The van der Waals surface area contributed by atoms with Gasteiger partial charge in [-0.05, 0) is 56.3 Å². The van der Waals surface area contributed by atoms with Crippen LogP contribution in [0.3, 0.4) is 0 Å². The molecule has 1 heterocycles. The fourth-order valence-electron chi connectivity index (χ4n) is 5.35. The lowest BCUT2D eigenvalue weighted by atomic mass is 9.63. The van der Waals surface area contributed by atoms with Crippen molar-refractivity contribution in [3.05, 3.63) is 16.6 Å². The average Bonchev–Trinajstić information content (AvgIpc) is 3.23. The lowest BCUT2D eigenvalue weighted by Crippen LogP contribution is -2.36. The first kappa shape index (κ1) is 19.5. The van der Waals surface area contributed by atoms with Crippen LogP contribution in [0, 0.1) is 17.3 Å². The van der Waals surface area contributed by atoms with E-state index in [2.05, 4.69) is 11.9 Å². The van der Waals surface area contributed by atoms with Crippen molar-refractivity contribution in [1.82, 2.24) is 4.98 Å². The zero-order chi connectivity index (χ0) is 18.6. The fourth-order valence-corrected chi connectivity index (χ4v) is 6.05. The van der Waals surface area contributed by atoms with Crippen molar-refractivity contribution in [3.63, 3.8) is 0 Å². The van der Waals surface area contributed by atoms with E-state index in [1.807, 2.05) is 5.38 Å². The molecule has 26 heavy (non-hydrogen) atoms. The molecule has 0 amide bonds. The molecule has 1 aromatic rings. The van der Waals surface area contributed by atoms with Crippen LogP contribution in [0.5, 0.6) is 0 Å². The van der Waals surface area contributed by atoms with Crippen molar-refractivity contribution in [2.75, 3.05) is 0 Å². The largest absolute Gasteiger partial charge is 0.455 e. The predicted molar refractivity (Wildman–Crippen MR) is 103 cm³/mol. The minimum atomic E-state index is -0.244. The van der Waals surface area contributed by atoms with E-state index in [1.54, 1.807) is 17.5 Å². The number of thiazole rings is 1. The maximum Gasteiger partial charge on any atom is 0.303 e. The van der Waals surface area contributed by atoms with Crippen molar-refractivity contribution in [3.8, 4) is 0 Å². The van der Waals surface area contributed by atoms with Crippen LogP contribution in [-0.4, -0.2) is 16.7 Å². The summed E-state index contributed by atoms with van der Waals surface area (Å²) in [5, 5.41) is 2.81. The molecular weight excluding hydrogens is 346 g/mol. The Kier molecular flexibility index (Phi) is 6.49. The van der Waals surface area contributed by atoms with Gasteiger partial charge in [0.25, 0.3) is 0 Å². The van der Waals surface area contributed by atoms with Crippen LogP contribution in [0.1, 0.15) is 89.2 Å². The van der Waals surface area contributed by atoms with Crippen LogP contribution in [0.25, 0.3) is 0 Å². The molecule has 0 saturated heterocycles. The van der Waals surface area contributed by atoms with E-state index in [0.717, 1.165) is 43.5 Å². The number of rotatable bonds is 8. The third-order valence-electron chi connectivity index (χ3n) is 6.35. The molecular formula is C21H31NO3S. The normalized spacial score (nSPS) is 27.8. The molecule has 3 rings (SSSR count). The Balaban J connectivity index is 1.51. The van der Waals surface area contributed by atoms with Crippen molar-refractivity contribution >= 4 is 23.1 Å². The fraction of sp³-hybridized carbons (Fsp3) is 0.762. The summed E-state index contributed by atoms with van der Waals surface area (Å²) in [5.74, 6) is 1.23. The highest BCUT2D eigenvalue weighted by atomic mass is 32.1. The first-order valence-electron chi connectivity index (χ1n) is 10.1. The van der Waals surface area contributed by atoms with Crippen molar-refractivity contribution in [1.29, 1.82) is 0 Å². The quantitative estimate of drug-likeness (QED) is 0.563. The number of hydrogen-bond acceptors (Lipinski definition) is 5. The van der Waals surface area contributed by atoms with E-state index in [9.17, 15) is 9.59 Å². The number of carbonyl (C=O) groups excluding carboxylic acids is 2. The van der Waals surface area contributed by atoms with E-state index in [0.29, 0.717) is 23.0 Å². The first-order chi connectivity index (χ1) is 12.5. The second-order valence-corrected chi connectivity index (χ2v) is 9.26. The monoisotopic (exact) mass is 377 g/mol. The highest BCUT2D eigenvalue weighted by Gasteiger charge is 2.48. The van der Waals surface area contributed by atoms with Crippen molar-refractivity contribution in [2.24, 2.45) is 17.3 Å². The summed E-state index contributed by atoms with van der Waals surface area (Å²) < 4.78 is 5.47. The number of carbonyl (C=O) groups is 2. The molecule has 2 saturated carbocycles. The Labute approximate surface area is 160 Å². The number of nitrogens with zero attached hydrogens (tertiary/aromatic N) is 1. The van der Waals surface area contributed by atoms with E-state index in [4.69, 9.17) is 4.74 Å². The van der Waals surface area contributed by atoms with Crippen molar-refractivity contribution < 1.29 is 14.3 Å². The molecule has 0 aliphatic heterocycles. The number of aromatic nitrogens is 1. The molecule has 1 aromatic heterocycles. The molecule has 2 aliphatic rings. The number of ether oxygens (including phenoxy) is 1. The molecule has 144 valence electrons. The Hall–Kier alpha value is -1.23. The first-order valence-corrected chi connectivity index (χ1v) is 11.0. The Morgan fingerprint density at radius 1 is 1.38 bits per heavy atom. The molecule has 0 N–H and O–H groups in total. The van der Waals surface area contributed by atoms with Crippen LogP contribution in [0.15, 0.2) is 11.6 Å². The molecule has 0 spiro atoms. The van der Waals surface area contributed by atoms with Gasteiger partial charge in [-0.25, -0.2) is 4.98 Å². The third-order valence-corrected chi connectivity index (χ3v) is 7.21. The summed E-state index contributed by atoms with van der Waals surface area (Å²) in [6.45, 7) is 3.79. The van der Waals surface area contributed by atoms with Crippen molar-refractivity contribution in [2.45, 2.75) is 84.2 Å². The van der Waals surface area contributed by atoms with Gasteiger partial charge in [0, 0.05) is 30.8 Å². The van der Waals surface area contributed by atoms with Gasteiger partial charge in [0.2, 0.25) is 0 Å². The Bertz CT molecular complexity index is 615. The maximum absolute atomic E-state index is 12.3. The standard InChI is InChI=1S/C21H31NO3S/c1-15(14-21-10-4-7-17(21)18(24)8-5-11-21)6-3-9-19(25-16(2)23)20-22-12-13-26-20/h12-13,15,17,19H,3-11,14H2,1-2H3/t15-,17+,19?,21+/m0/s1.